The molecule has 2 heteroatoms. The Morgan fingerprint density at radius 3 is 1.31 bits per heavy atom. The van der Waals surface area contributed by atoms with Crippen molar-refractivity contribution in [1.82, 2.24) is 0 Å². The zero-order valence-electron chi connectivity index (χ0n) is 9.00. The molecular formula is C14H14Te2. The average molecular weight is 437 g/mol. The normalized spacial score (nSPS) is 10.2. The van der Waals surface area contributed by atoms with E-state index < -0.39 is 0 Å². The monoisotopic (exact) mass is 442 g/mol. The zero-order chi connectivity index (χ0) is 11.1. The van der Waals surface area contributed by atoms with E-state index in [1.165, 1.54) is 8.94 Å². The molecule has 0 aliphatic carbocycles. The SMILES string of the molecule is c1ccc(C[Te][Te]Cc2ccccc2)cc1. The molecule has 16 heavy (non-hydrogen) atoms. The Morgan fingerprint density at radius 1 is 0.562 bits per heavy atom. The fourth-order valence-electron chi connectivity index (χ4n) is 1.37. The molecule has 0 saturated heterocycles. The van der Waals surface area contributed by atoms with Crippen LogP contribution in [0.4, 0.5) is 0 Å². The molecule has 2 aromatic rings. The van der Waals surface area contributed by atoms with Crippen molar-refractivity contribution in [2.24, 2.45) is 0 Å². The predicted molar refractivity (Wildman–Crippen MR) is 71.8 cm³/mol. The molecule has 0 aliphatic heterocycles. The molecule has 0 N–H and O–H groups in total. The van der Waals surface area contributed by atoms with Crippen LogP contribution in [-0.2, 0) is 8.94 Å². The van der Waals surface area contributed by atoms with Gasteiger partial charge in [0.25, 0.3) is 0 Å². The Bertz CT molecular complexity index is 356. The van der Waals surface area contributed by atoms with Crippen molar-refractivity contribution in [2.75, 3.05) is 0 Å². The summed E-state index contributed by atoms with van der Waals surface area (Å²) in [6.07, 6.45) is 0. The summed E-state index contributed by atoms with van der Waals surface area (Å²) in [4.78, 5) is 0. The summed E-state index contributed by atoms with van der Waals surface area (Å²) in [5, 5.41) is 0. The molecule has 82 valence electrons. The molecule has 0 fully saturated rings. The second-order valence-corrected chi connectivity index (χ2v) is 15.5. The number of rotatable bonds is 5. The summed E-state index contributed by atoms with van der Waals surface area (Å²) >= 11 is 0.553. The van der Waals surface area contributed by atoms with Gasteiger partial charge in [-0.1, -0.05) is 0 Å². The molecule has 0 spiro atoms. The van der Waals surface area contributed by atoms with E-state index >= 15 is 0 Å². The van der Waals surface area contributed by atoms with E-state index in [1.807, 2.05) is 0 Å². The fourth-order valence-corrected chi connectivity index (χ4v) is 12.1. The van der Waals surface area contributed by atoms with Gasteiger partial charge in [-0.2, -0.15) is 0 Å². The molecule has 0 bridgehead atoms. The molecule has 0 nitrogen and oxygen atoms in total. The van der Waals surface area contributed by atoms with Crippen LogP contribution in [0.1, 0.15) is 11.1 Å². The van der Waals surface area contributed by atoms with E-state index in [4.69, 9.17) is 0 Å². The molecule has 2 aromatic carbocycles. The van der Waals surface area contributed by atoms with E-state index in [2.05, 4.69) is 60.7 Å². The second kappa shape index (κ2) is 7.37. The summed E-state index contributed by atoms with van der Waals surface area (Å²) in [7, 11) is 0. The van der Waals surface area contributed by atoms with Crippen molar-refractivity contribution in [2.45, 2.75) is 8.94 Å². The van der Waals surface area contributed by atoms with Gasteiger partial charge in [0, 0.05) is 0 Å². The van der Waals surface area contributed by atoms with E-state index in [0.717, 1.165) is 0 Å². The second-order valence-electron chi connectivity index (χ2n) is 3.50. The van der Waals surface area contributed by atoms with Gasteiger partial charge in [0.15, 0.2) is 0 Å². The molecule has 0 radical (unpaired) electrons. The van der Waals surface area contributed by atoms with E-state index in [-0.39, 0.29) is 34.1 Å². The Balaban J connectivity index is 1.70. The predicted octanol–water partition coefficient (Wildman–Crippen LogP) is 2.71. The van der Waals surface area contributed by atoms with Crippen LogP contribution in [0.15, 0.2) is 60.7 Å². The van der Waals surface area contributed by atoms with Gasteiger partial charge < -0.3 is 0 Å². The molecule has 2 rings (SSSR count). The van der Waals surface area contributed by atoms with Gasteiger partial charge in [-0.05, 0) is 0 Å². The van der Waals surface area contributed by atoms with Crippen LogP contribution < -0.4 is 0 Å². The van der Waals surface area contributed by atoms with E-state index in [1.54, 1.807) is 11.1 Å². The van der Waals surface area contributed by atoms with Gasteiger partial charge in [0.1, 0.15) is 0 Å². The third kappa shape index (κ3) is 4.48. The molecule has 0 atom stereocenters. The van der Waals surface area contributed by atoms with Gasteiger partial charge in [-0.25, -0.2) is 0 Å². The number of hydrogen-bond acceptors (Lipinski definition) is 0. The first-order valence-corrected chi connectivity index (χ1v) is 15.9. The molecule has 0 saturated carbocycles. The van der Waals surface area contributed by atoms with E-state index in [0.29, 0.717) is 0 Å². The van der Waals surface area contributed by atoms with Crippen LogP contribution >= 0.6 is 0 Å². The Labute approximate surface area is 114 Å². The van der Waals surface area contributed by atoms with Crippen LogP contribution in [0.5, 0.6) is 0 Å². The van der Waals surface area contributed by atoms with Gasteiger partial charge >= 0.3 is 115 Å². The summed E-state index contributed by atoms with van der Waals surface area (Å²) in [6.45, 7) is 0. The minimum absolute atomic E-state index is 0.276. The Morgan fingerprint density at radius 2 is 0.938 bits per heavy atom. The van der Waals surface area contributed by atoms with Gasteiger partial charge in [-0.15, -0.1) is 0 Å². The molecule has 0 unspecified atom stereocenters. The Kier molecular flexibility index (Phi) is 5.74. The van der Waals surface area contributed by atoms with Gasteiger partial charge in [0.2, 0.25) is 0 Å². The average Bonchev–Trinajstić information content (AvgIpc) is 2.37. The van der Waals surface area contributed by atoms with Crippen LogP contribution in [0.2, 0.25) is 0 Å². The van der Waals surface area contributed by atoms with Gasteiger partial charge in [0.05, 0.1) is 0 Å². The van der Waals surface area contributed by atoms with Crippen molar-refractivity contribution in [3.63, 3.8) is 0 Å². The first-order valence-electron chi connectivity index (χ1n) is 5.27. The molecule has 0 aromatic heterocycles. The first-order chi connectivity index (χ1) is 7.95. The third-order valence-corrected chi connectivity index (χ3v) is 13.0. The van der Waals surface area contributed by atoms with Crippen molar-refractivity contribution in [3.8, 4) is 0 Å². The van der Waals surface area contributed by atoms with Crippen LogP contribution in [0.3, 0.4) is 0 Å². The van der Waals surface area contributed by atoms with Crippen LogP contribution in [0.25, 0.3) is 0 Å². The fraction of sp³-hybridized carbons (Fsp3) is 0.143. The standard InChI is InChI=1S/C14H14Te2/c1-3-7-13(8-4-1)11-15-16-12-14-9-5-2-6-10-14/h1-10H,11-12H2. The summed E-state index contributed by atoms with van der Waals surface area (Å²) in [6, 6.07) is 21.9. The minimum atomic E-state index is 0.276. The van der Waals surface area contributed by atoms with Crippen molar-refractivity contribution in [1.29, 1.82) is 0 Å². The quantitative estimate of drug-likeness (QED) is 0.499. The first kappa shape index (κ1) is 12.5. The van der Waals surface area contributed by atoms with Crippen molar-refractivity contribution >= 4 is 34.1 Å². The van der Waals surface area contributed by atoms with Gasteiger partial charge in [-0.3, -0.25) is 0 Å². The van der Waals surface area contributed by atoms with Crippen LogP contribution in [-0.4, -0.2) is 34.1 Å². The maximum absolute atomic E-state index is 2.26. The van der Waals surface area contributed by atoms with Crippen molar-refractivity contribution in [3.05, 3.63) is 71.8 Å². The van der Waals surface area contributed by atoms with Crippen molar-refractivity contribution < 1.29 is 0 Å². The third-order valence-electron chi connectivity index (χ3n) is 2.22. The molecule has 0 aliphatic rings. The summed E-state index contributed by atoms with van der Waals surface area (Å²) in [5.74, 6) is 0. The molecule has 0 heterocycles. The number of benzene rings is 2. The number of hydrogen-bond donors (Lipinski definition) is 0. The molecular weight excluding hydrogens is 423 g/mol. The Hall–Kier alpha value is 0.0192. The van der Waals surface area contributed by atoms with E-state index in [9.17, 15) is 0 Å². The molecule has 0 amide bonds. The topological polar surface area (TPSA) is 0 Å². The zero-order valence-corrected chi connectivity index (χ0v) is 13.7. The maximum atomic E-state index is 2.26. The van der Waals surface area contributed by atoms with Crippen LogP contribution in [0, 0.1) is 0 Å². The summed E-state index contributed by atoms with van der Waals surface area (Å²) in [5.41, 5.74) is 3.09. The summed E-state index contributed by atoms with van der Waals surface area (Å²) < 4.78 is 2.78.